The van der Waals surface area contributed by atoms with Crippen LogP contribution in [0, 0.1) is 5.92 Å². The maximum Gasteiger partial charge on any atom is 0.257 e. The monoisotopic (exact) mass is 501 g/mol. The molecular weight excluding hydrogens is 470 g/mol. The molecule has 1 unspecified atom stereocenters. The third-order valence-corrected chi connectivity index (χ3v) is 6.07. The van der Waals surface area contributed by atoms with Crippen molar-refractivity contribution in [2.75, 3.05) is 11.9 Å². The van der Waals surface area contributed by atoms with Gasteiger partial charge in [0.05, 0.1) is 6.61 Å². The molecule has 0 fully saturated rings. The summed E-state index contributed by atoms with van der Waals surface area (Å²) in [6.07, 6.45) is 1.07. The number of nitrogens with one attached hydrogen (secondary N) is 2. The predicted octanol–water partition coefficient (Wildman–Crippen LogP) is 7.17. The topological polar surface area (TPSA) is 76.4 Å². The third-order valence-electron chi connectivity index (χ3n) is 5.87. The summed E-state index contributed by atoms with van der Waals surface area (Å²) in [6, 6.07) is 20.8. The SMILES string of the molecule is CCC(C)c1ccc2oc(-c3cccc(NC(=S)NC(=O)c4cccc(OCC(C)C)c4)c3)nc2c1. The van der Waals surface area contributed by atoms with E-state index in [1.807, 2.05) is 36.4 Å². The maximum atomic E-state index is 12.7. The van der Waals surface area contributed by atoms with Crippen LogP contribution in [0.3, 0.4) is 0 Å². The number of oxazole rings is 1. The van der Waals surface area contributed by atoms with Gasteiger partial charge in [0.25, 0.3) is 5.91 Å². The molecule has 0 aliphatic rings. The fraction of sp³-hybridized carbons (Fsp3) is 0.276. The lowest BCUT2D eigenvalue weighted by atomic mass is 9.98. The van der Waals surface area contributed by atoms with Gasteiger partial charge in [0, 0.05) is 16.8 Å². The molecular formula is C29H31N3O3S. The average molecular weight is 502 g/mol. The Morgan fingerprint density at radius 1 is 1.06 bits per heavy atom. The first-order chi connectivity index (χ1) is 17.3. The molecule has 36 heavy (non-hydrogen) atoms. The molecule has 4 rings (SSSR count). The zero-order valence-corrected chi connectivity index (χ0v) is 21.8. The van der Waals surface area contributed by atoms with Crippen LogP contribution in [-0.2, 0) is 0 Å². The van der Waals surface area contributed by atoms with E-state index in [0.717, 1.165) is 28.8 Å². The van der Waals surface area contributed by atoms with Gasteiger partial charge >= 0.3 is 0 Å². The van der Waals surface area contributed by atoms with E-state index >= 15 is 0 Å². The molecule has 0 radical (unpaired) electrons. The lowest BCUT2D eigenvalue weighted by Crippen LogP contribution is -2.34. The second-order valence-corrected chi connectivity index (χ2v) is 9.69. The van der Waals surface area contributed by atoms with Gasteiger partial charge in [-0.3, -0.25) is 10.1 Å². The van der Waals surface area contributed by atoms with E-state index in [1.54, 1.807) is 18.2 Å². The Morgan fingerprint density at radius 2 is 1.86 bits per heavy atom. The molecule has 1 amide bonds. The van der Waals surface area contributed by atoms with Crippen molar-refractivity contribution in [1.29, 1.82) is 0 Å². The highest BCUT2D eigenvalue weighted by molar-refractivity contribution is 7.80. The quantitative estimate of drug-likeness (QED) is 0.249. The molecule has 0 bridgehead atoms. The normalized spacial score (nSPS) is 11.9. The molecule has 3 aromatic carbocycles. The van der Waals surface area contributed by atoms with Crippen LogP contribution in [0.4, 0.5) is 5.69 Å². The molecule has 0 aliphatic carbocycles. The summed E-state index contributed by atoms with van der Waals surface area (Å²) < 4.78 is 11.7. The maximum absolute atomic E-state index is 12.7. The van der Waals surface area contributed by atoms with E-state index in [-0.39, 0.29) is 11.0 Å². The van der Waals surface area contributed by atoms with Gasteiger partial charge in [-0.2, -0.15) is 0 Å². The van der Waals surface area contributed by atoms with Gasteiger partial charge in [-0.15, -0.1) is 0 Å². The highest BCUT2D eigenvalue weighted by Gasteiger charge is 2.13. The van der Waals surface area contributed by atoms with Crippen LogP contribution in [0.15, 0.2) is 71.1 Å². The van der Waals surface area contributed by atoms with Crippen molar-refractivity contribution in [3.63, 3.8) is 0 Å². The Morgan fingerprint density at radius 3 is 2.64 bits per heavy atom. The van der Waals surface area contributed by atoms with Gasteiger partial charge in [0.1, 0.15) is 11.3 Å². The van der Waals surface area contributed by atoms with Gasteiger partial charge < -0.3 is 14.5 Å². The Labute approximate surface area is 217 Å². The van der Waals surface area contributed by atoms with Crippen molar-refractivity contribution >= 4 is 40.0 Å². The first-order valence-corrected chi connectivity index (χ1v) is 12.6. The van der Waals surface area contributed by atoms with Crippen molar-refractivity contribution in [2.24, 2.45) is 5.92 Å². The summed E-state index contributed by atoms with van der Waals surface area (Å²) in [5.41, 5.74) is 4.83. The zero-order valence-electron chi connectivity index (χ0n) is 21.0. The van der Waals surface area contributed by atoms with E-state index in [9.17, 15) is 4.79 Å². The van der Waals surface area contributed by atoms with Gasteiger partial charge in [-0.25, -0.2) is 4.98 Å². The number of fused-ring (bicyclic) bond motifs is 1. The Kier molecular flexibility index (Phi) is 8.00. The number of hydrogen-bond donors (Lipinski definition) is 2. The van der Waals surface area contributed by atoms with Crippen LogP contribution in [0.25, 0.3) is 22.6 Å². The third kappa shape index (κ3) is 6.29. The number of thiocarbonyl (C=S) groups is 1. The molecule has 0 aliphatic heterocycles. The van der Waals surface area contributed by atoms with Crippen LogP contribution in [0.2, 0.25) is 0 Å². The Balaban J connectivity index is 1.43. The predicted molar refractivity (Wildman–Crippen MR) is 149 cm³/mol. The number of ether oxygens (including phenoxy) is 1. The molecule has 186 valence electrons. The Hall–Kier alpha value is -3.71. The highest BCUT2D eigenvalue weighted by atomic mass is 32.1. The van der Waals surface area contributed by atoms with Crippen LogP contribution in [-0.4, -0.2) is 22.6 Å². The van der Waals surface area contributed by atoms with Crippen molar-refractivity contribution in [1.82, 2.24) is 10.3 Å². The van der Waals surface area contributed by atoms with E-state index in [4.69, 9.17) is 26.4 Å². The Bertz CT molecular complexity index is 1380. The lowest BCUT2D eigenvalue weighted by molar-refractivity contribution is 0.0977. The lowest BCUT2D eigenvalue weighted by Gasteiger charge is -2.12. The second-order valence-electron chi connectivity index (χ2n) is 9.28. The summed E-state index contributed by atoms with van der Waals surface area (Å²) in [6.45, 7) is 9.11. The highest BCUT2D eigenvalue weighted by Crippen LogP contribution is 2.29. The first-order valence-electron chi connectivity index (χ1n) is 12.2. The molecule has 1 aromatic heterocycles. The number of anilines is 1. The van der Waals surface area contributed by atoms with E-state index < -0.39 is 0 Å². The van der Waals surface area contributed by atoms with Gasteiger partial charge in [0.15, 0.2) is 10.7 Å². The van der Waals surface area contributed by atoms with Crippen LogP contribution in [0.5, 0.6) is 5.75 Å². The molecule has 1 atom stereocenters. The van der Waals surface area contributed by atoms with E-state index in [1.165, 1.54) is 5.56 Å². The minimum absolute atomic E-state index is 0.196. The van der Waals surface area contributed by atoms with E-state index in [2.05, 4.69) is 50.5 Å². The minimum atomic E-state index is -0.310. The smallest absolute Gasteiger partial charge is 0.257 e. The van der Waals surface area contributed by atoms with Gasteiger partial charge in [-0.05, 0) is 84.6 Å². The van der Waals surface area contributed by atoms with Crippen LogP contribution in [0.1, 0.15) is 56.0 Å². The fourth-order valence-corrected chi connectivity index (χ4v) is 3.88. The zero-order chi connectivity index (χ0) is 25.7. The number of carbonyl (C=O) groups is 1. The molecule has 2 N–H and O–H groups in total. The fourth-order valence-electron chi connectivity index (χ4n) is 3.67. The van der Waals surface area contributed by atoms with Crippen LogP contribution >= 0.6 is 12.2 Å². The van der Waals surface area contributed by atoms with Crippen molar-refractivity contribution < 1.29 is 13.9 Å². The summed E-state index contributed by atoms with van der Waals surface area (Å²) >= 11 is 5.38. The van der Waals surface area contributed by atoms with Gasteiger partial charge in [-0.1, -0.05) is 45.9 Å². The number of benzene rings is 3. The number of rotatable bonds is 8. The molecule has 4 aromatic rings. The largest absolute Gasteiger partial charge is 0.493 e. The second kappa shape index (κ2) is 11.4. The molecule has 6 nitrogen and oxygen atoms in total. The summed E-state index contributed by atoms with van der Waals surface area (Å²) in [7, 11) is 0. The summed E-state index contributed by atoms with van der Waals surface area (Å²) in [4.78, 5) is 17.4. The van der Waals surface area contributed by atoms with Gasteiger partial charge in [0.2, 0.25) is 5.89 Å². The average Bonchev–Trinajstić information content (AvgIpc) is 3.31. The number of carbonyl (C=O) groups excluding carboxylic acids is 1. The standard InChI is InChI=1S/C29H31N3O3S/c1-5-19(4)20-12-13-26-25(16-20)31-28(35-26)22-9-6-10-23(14-22)30-29(36)32-27(33)21-8-7-11-24(15-21)34-17-18(2)3/h6-16,18-19H,5,17H2,1-4H3,(H2,30,32,33,36). The molecule has 0 saturated carbocycles. The molecule has 0 spiro atoms. The first kappa shape index (κ1) is 25.4. The number of amides is 1. The summed E-state index contributed by atoms with van der Waals surface area (Å²) in [5, 5.41) is 5.99. The van der Waals surface area contributed by atoms with Crippen molar-refractivity contribution in [3.8, 4) is 17.2 Å². The molecule has 7 heteroatoms. The summed E-state index contributed by atoms with van der Waals surface area (Å²) in [5.74, 6) is 1.73. The number of hydrogen-bond acceptors (Lipinski definition) is 5. The van der Waals surface area contributed by atoms with Crippen molar-refractivity contribution in [3.05, 3.63) is 77.9 Å². The van der Waals surface area contributed by atoms with Crippen molar-refractivity contribution in [2.45, 2.75) is 40.0 Å². The van der Waals surface area contributed by atoms with E-state index in [0.29, 0.717) is 35.6 Å². The molecule has 1 heterocycles. The molecule has 0 saturated heterocycles. The van der Waals surface area contributed by atoms with Crippen LogP contribution < -0.4 is 15.4 Å². The minimum Gasteiger partial charge on any atom is -0.493 e. The number of nitrogens with zero attached hydrogens (tertiary/aromatic N) is 1. The number of aromatic nitrogens is 1.